The molecule has 0 atom stereocenters. The second kappa shape index (κ2) is 12.5. The molecule has 8 rings (SSSR count). The Labute approximate surface area is 254 Å². The van der Waals surface area contributed by atoms with Crippen LogP contribution in [0.5, 0.6) is 0 Å². The molecule has 3 fully saturated rings. The van der Waals surface area contributed by atoms with E-state index in [0.717, 1.165) is 38.5 Å². The van der Waals surface area contributed by atoms with E-state index in [2.05, 4.69) is 40.9 Å². The van der Waals surface area contributed by atoms with E-state index in [0.29, 0.717) is 83.7 Å². The normalized spacial score (nSPS) is 33.1. The number of oxime groups is 6. The molecular weight excluding hydrogens is 566 g/mol. The summed E-state index contributed by atoms with van der Waals surface area (Å²) in [5.41, 5.74) is 4.30. The summed E-state index contributed by atoms with van der Waals surface area (Å²) < 4.78 is 37.6. The summed E-state index contributed by atoms with van der Waals surface area (Å²) in [5, 5.41) is 27.4. The molecule has 228 valence electrons. The number of pyridine rings is 2. The predicted octanol–water partition coefficient (Wildman–Crippen LogP) is 3.45. The van der Waals surface area contributed by atoms with E-state index in [4.69, 9.17) is 28.5 Å². The maximum atomic E-state index is 6.26. The van der Waals surface area contributed by atoms with Crippen LogP contribution in [0.15, 0.2) is 80.0 Å². The van der Waals surface area contributed by atoms with E-state index in [-0.39, 0.29) is 0 Å². The highest BCUT2D eigenvalue weighted by atomic mass is 16.9. The first-order chi connectivity index (χ1) is 21.7. The number of nitrogens with zero attached hydrogens (tertiary/aromatic N) is 8. The van der Waals surface area contributed by atoms with Crippen LogP contribution in [0.3, 0.4) is 0 Å². The zero-order valence-corrected chi connectivity index (χ0v) is 24.3. The van der Waals surface area contributed by atoms with Gasteiger partial charge in [-0.2, -0.15) is 0 Å². The summed E-state index contributed by atoms with van der Waals surface area (Å²) in [7, 11) is 0. The van der Waals surface area contributed by atoms with E-state index in [1.54, 1.807) is 49.1 Å². The molecule has 6 aliphatic rings. The van der Waals surface area contributed by atoms with Crippen molar-refractivity contribution < 1.29 is 28.5 Å². The highest BCUT2D eigenvalue weighted by molar-refractivity contribution is 6.76. The summed E-state index contributed by atoms with van der Waals surface area (Å²) in [4.78, 5) is 8.58. The Hall–Kier alpha value is -4.75. The van der Waals surface area contributed by atoms with Gasteiger partial charge in [0.25, 0.3) is 0 Å². The fraction of sp³-hybridized carbons (Fsp3) is 0.429. The van der Waals surface area contributed by atoms with Crippen molar-refractivity contribution in [2.24, 2.45) is 30.9 Å². The summed E-state index contributed by atoms with van der Waals surface area (Å²) in [5.74, 6) is 0. The average molecular weight is 598 g/mol. The smallest absolute Gasteiger partial charge is 0.536 e. The van der Waals surface area contributed by atoms with Crippen molar-refractivity contribution in [1.82, 2.24) is 9.97 Å². The van der Waals surface area contributed by atoms with Crippen molar-refractivity contribution in [3.8, 4) is 0 Å². The molecule has 2 aromatic rings. The van der Waals surface area contributed by atoms with Crippen molar-refractivity contribution in [2.45, 2.75) is 77.0 Å². The van der Waals surface area contributed by atoms with Crippen molar-refractivity contribution in [3.05, 3.63) is 49.1 Å². The quantitative estimate of drug-likeness (QED) is 0.476. The number of fused-ring (bicyclic) bond motifs is 6. The van der Waals surface area contributed by atoms with Gasteiger partial charge in [-0.25, -0.2) is 0 Å². The lowest BCUT2D eigenvalue weighted by atomic mass is 9.71. The Balaban J connectivity index is 1.47. The fourth-order valence-electron chi connectivity index (χ4n) is 5.66. The lowest BCUT2D eigenvalue weighted by molar-refractivity contribution is 0.0758. The lowest BCUT2D eigenvalue weighted by Crippen LogP contribution is -2.56. The second-order valence-electron chi connectivity index (χ2n) is 11.3. The molecule has 0 unspecified atom stereocenters. The van der Waals surface area contributed by atoms with Crippen molar-refractivity contribution in [3.63, 3.8) is 0 Å². The molecular formula is C28H32B2N8O6-2. The van der Waals surface area contributed by atoms with Crippen LogP contribution in [0.2, 0.25) is 0 Å². The van der Waals surface area contributed by atoms with Gasteiger partial charge in [0.15, 0.2) is 0 Å². The Morgan fingerprint density at radius 3 is 0.909 bits per heavy atom. The van der Waals surface area contributed by atoms with E-state index in [1.165, 1.54) is 0 Å². The number of aromatic nitrogens is 2. The Morgan fingerprint density at radius 1 is 0.409 bits per heavy atom. The Bertz CT molecular complexity index is 1310. The van der Waals surface area contributed by atoms with Crippen molar-refractivity contribution in [2.75, 3.05) is 0 Å². The van der Waals surface area contributed by atoms with Crippen LogP contribution in [-0.4, -0.2) is 57.7 Å². The molecule has 5 heterocycles. The topological polar surface area (TPSA) is 155 Å². The molecule has 3 aliphatic carbocycles. The molecule has 3 aliphatic heterocycles. The van der Waals surface area contributed by atoms with E-state index in [9.17, 15) is 0 Å². The molecule has 0 saturated heterocycles. The van der Waals surface area contributed by atoms with Gasteiger partial charge in [0.05, 0.1) is 34.3 Å². The van der Waals surface area contributed by atoms with Gasteiger partial charge in [-0.1, -0.05) is 23.1 Å². The number of hydrogen-bond donors (Lipinski definition) is 0. The maximum Gasteiger partial charge on any atom is 0.642 e. The zero-order chi connectivity index (χ0) is 29.7. The van der Waals surface area contributed by atoms with Gasteiger partial charge in [0.2, 0.25) is 0 Å². The predicted molar refractivity (Wildman–Crippen MR) is 166 cm³/mol. The Morgan fingerprint density at radius 2 is 0.682 bits per heavy atom. The van der Waals surface area contributed by atoms with Crippen molar-refractivity contribution >= 4 is 58.7 Å². The zero-order valence-electron chi connectivity index (χ0n) is 24.3. The third-order valence-electron chi connectivity index (χ3n) is 8.23. The molecule has 0 aromatic carbocycles. The van der Waals surface area contributed by atoms with Crippen LogP contribution < -0.4 is 10.9 Å². The molecule has 2 bridgehead atoms. The van der Waals surface area contributed by atoms with Crippen LogP contribution in [0.1, 0.15) is 77.0 Å². The van der Waals surface area contributed by atoms with Gasteiger partial charge >= 0.3 is 13.5 Å². The van der Waals surface area contributed by atoms with Gasteiger partial charge in [-0.15, -0.1) is 30.9 Å². The minimum Gasteiger partial charge on any atom is -0.536 e. The maximum absolute atomic E-state index is 6.26. The molecule has 2 aromatic heterocycles. The summed E-state index contributed by atoms with van der Waals surface area (Å²) in [6.07, 6.45) is 15.3. The molecule has 44 heavy (non-hydrogen) atoms. The van der Waals surface area contributed by atoms with E-state index >= 15 is 0 Å². The van der Waals surface area contributed by atoms with E-state index < -0.39 is 13.5 Å². The van der Waals surface area contributed by atoms with E-state index in [1.807, 2.05) is 0 Å². The monoisotopic (exact) mass is 598 g/mol. The second-order valence-corrected chi connectivity index (χ2v) is 11.3. The highest BCUT2D eigenvalue weighted by Crippen LogP contribution is 2.25. The molecule has 0 N–H and O–H groups in total. The van der Waals surface area contributed by atoms with Crippen molar-refractivity contribution in [1.29, 1.82) is 0 Å². The fourth-order valence-corrected chi connectivity index (χ4v) is 5.66. The van der Waals surface area contributed by atoms with Crippen LogP contribution >= 0.6 is 0 Å². The van der Waals surface area contributed by atoms with Crippen LogP contribution in [0.25, 0.3) is 0 Å². The van der Waals surface area contributed by atoms with Crippen LogP contribution in [0.4, 0.5) is 0 Å². The summed E-state index contributed by atoms with van der Waals surface area (Å²) in [6.45, 7) is -5.83. The first-order valence-corrected chi connectivity index (χ1v) is 15.3. The first kappa shape index (κ1) is 28.0. The molecule has 0 radical (unpaired) electrons. The third-order valence-corrected chi connectivity index (χ3v) is 8.23. The molecule has 0 spiro atoms. The van der Waals surface area contributed by atoms with Gasteiger partial charge in [-0.05, 0) is 89.2 Å². The third kappa shape index (κ3) is 5.75. The SMILES string of the molecule is c1cncc([B-]23ON=C4CCCC/C4=N\O[B-](c4cccnc4)(O/N=C4\CCCC\C4=N/O2)O/N=C2\CCCC\C2=N/O3)c1. The molecule has 0 amide bonds. The highest BCUT2D eigenvalue weighted by Gasteiger charge is 2.44. The lowest BCUT2D eigenvalue weighted by Gasteiger charge is -2.38. The van der Waals surface area contributed by atoms with Gasteiger partial charge in [-0.3, -0.25) is 9.97 Å². The summed E-state index contributed by atoms with van der Waals surface area (Å²) >= 11 is 0. The Kier molecular flexibility index (Phi) is 7.95. The van der Waals surface area contributed by atoms with Gasteiger partial charge < -0.3 is 28.5 Å². The molecule has 16 heteroatoms. The largest absolute Gasteiger partial charge is 0.642 e. The standard InChI is InChI=1S/C28H32B2N8O6/c1-2-12-24-23(11-1)33-39-29(21-9-7-17-31-19-21)41-35-25-13-3-5-15-27(25)37-43-30(40-34-24,22-10-8-18-32-20-22)44-38-28-16-6-4-14-26(28)36-42-29/h7-10,17-20H,1-6,11-16H2/q-2/b33-23+,34-24+,35-25+,36-26+,37-27+,38-28?. The number of hydrogen-bond acceptors (Lipinski definition) is 14. The van der Waals surface area contributed by atoms with Crippen LogP contribution in [0, 0.1) is 0 Å². The molecule has 3 saturated carbocycles. The van der Waals surface area contributed by atoms with Gasteiger partial charge in [0, 0.05) is 24.8 Å². The van der Waals surface area contributed by atoms with Gasteiger partial charge in [0.1, 0.15) is 0 Å². The minimum absolute atomic E-state index is 0.463. The number of rotatable bonds is 2. The first-order valence-electron chi connectivity index (χ1n) is 15.3. The minimum atomic E-state index is -2.92. The summed E-state index contributed by atoms with van der Waals surface area (Å²) in [6, 6.07) is 7.08. The average Bonchev–Trinajstić information content (AvgIpc) is 3.09. The van der Waals surface area contributed by atoms with Crippen LogP contribution in [-0.2, 0) is 28.5 Å². The molecule has 14 nitrogen and oxygen atoms in total.